The molecule has 2 nitrogen and oxygen atoms in total. The maximum atomic E-state index is 5.85. The van der Waals surface area contributed by atoms with Gasteiger partial charge in [0.05, 0.1) is 0 Å². The standard InChI is InChI=1S/C11H16N2/c1-13(2)11-6-4-3-5-8(11)9-7-10(9)12/h3-6,9-10H,7,12H2,1-2H3. The van der Waals surface area contributed by atoms with Gasteiger partial charge in [0, 0.05) is 31.7 Å². The van der Waals surface area contributed by atoms with E-state index in [-0.39, 0.29) is 0 Å². The first kappa shape index (κ1) is 8.57. The second kappa shape index (κ2) is 3.04. The van der Waals surface area contributed by atoms with E-state index < -0.39 is 0 Å². The van der Waals surface area contributed by atoms with E-state index in [1.807, 2.05) is 0 Å². The Bertz CT molecular complexity index is 307. The molecule has 1 aromatic rings. The summed E-state index contributed by atoms with van der Waals surface area (Å²) in [5.74, 6) is 0.596. The lowest BCUT2D eigenvalue weighted by Gasteiger charge is -2.16. The Kier molecular flexibility index (Phi) is 2.00. The highest BCUT2D eigenvalue weighted by molar-refractivity contribution is 5.56. The van der Waals surface area contributed by atoms with Crippen LogP contribution in [-0.2, 0) is 0 Å². The van der Waals surface area contributed by atoms with Crippen LogP contribution >= 0.6 is 0 Å². The molecule has 70 valence electrons. The number of hydrogen-bond donors (Lipinski definition) is 1. The maximum absolute atomic E-state index is 5.85. The molecule has 0 bridgehead atoms. The van der Waals surface area contributed by atoms with Crippen molar-refractivity contribution in [1.82, 2.24) is 0 Å². The molecule has 0 spiro atoms. The van der Waals surface area contributed by atoms with Crippen molar-refractivity contribution in [2.75, 3.05) is 19.0 Å². The van der Waals surface area contributed by atoms with E-state index in [0.29, 0.717) is 12.0 Å². The molecular formula is C11H16N2. The largest absolute Gasteiger partial charge is 0.377 e. The summed E-state index contributed by atoms with van der Waals surface area (Å²) in [4.78, 5) is 2.15. The smallest absolute Gasteiger partial charge is 0.0397 e. The first-order valence-electron chi connectivity index (χ1n) is 4.72. The van der Waals surface area contributed by atoms with Crippen LogP contribution in [0.5, 0.6) is 0 Å². The summed E-state index contributed by atoms with van der Waals surface area (Å²) in [5, 5.41) is 0. The maximum Gasteiger partial charge on any atom is 0.0397 e. The van der Waals surface area contributed by atoms with Crippen molar-refractivity contribution < 1.29 is 0 Å². The van der Waals surface area contributed by atoms with Crippen LogP contribution in [0, 0.1) is 0 Å². The van der Waals surface area contributed by atoms with Crippen molar-refractivity contribution in [3.8, 4) is 0 Å². The van der Waals surface area contributed by atoms with Crippen LogP contribution in [0.25, 0.3) is 0 Å². The summed E-state index contributed by atoms with van der Waals surface area (Å²) in [6.07, 6.45) is 1.14. The number of para-hydroxylation sites is 1. The van der Waals surface area contributed by atoms with Gasteiger partial charge in [-0.15, -0.1) is 0 Å². The molecule has 0 heterocycles. The van der Waals surface area contributed by atoms with Gasteiger partial charge in [0.1, 0.15) is 0 Å². The lowest BCUT2D eigenvalue weighted by Crippen LogP contribution is -2.12. The van der Waals surface area contributed by atoms with Gasteiger partial charge in [0.2, 0.25) is 0 Å². The van der Waals surface area contributed by atoms with Gasteiger partial charge in [0.15, 0.2) is 0 Å². The van der Waals surface area contributed by atoms with E-state index in [0.717, 1.165) is 6.42 Å². The molecule has 1 aliphatic carbocycles. The third kappa shape index (κ3) is 1.54. The van der Waals surface area contributed by atoms with Gasteiger partial charge in [-0.1, -0.05) is 18.2 Å². The lowest BCUT2D eigenvalue weighted by atomic mass is 10.1. The molecule has 2 atom stereocenters. The fourth-order valence-corrected chi connectivity index (χ4v) is 1.78. The molecule has 1 aromatic carbocycles. The molecule has 2 rings (SSSR count). The van der Waals surface area contributed by atoms with Crippen molar-refractivity contribution in [2.45, 2.75) is 18.4 Å². The van der Waals surface area contributed by atoms with E-state index in [1.54, 1.807) is 0 Å². The van der Waals surface area contributed by atoms with Gasteiger partial charge in [-0.2, -0.15) is 0 Å². The van der Waals surface area contributed by atoms with Crippen molar-refractivity contribution in [3.63, 3.8) is 0 Å². The molecular weight excluding hydrogens is 160 g/mol. The van der Waals surface area contributed by atoms with E-state index >= 15 is 0 Å². The Balaban J connectivity index is 2.33. The number of rotatable bonds is 2. The van der Waals surface area contributed by atoms with Gasteiger partial charge in [-0.05, 0) is 18.1 Å². The van der Waals surface area contributed by atoms with Gasteiger partial charge in [-0.3, -0.25) is 0 Å². The number of benzene rings is 1. The summed E-state index contributed by atoms with van der Waals surface area (Å²) < 4.78 is 0. The van der Waals surface area contributed by atoms with E-state index in [9.17, 15) is 0 Å². The molecule has 2 unspecified atom stereocenters. The molecule has 0 aromatic heterocycles. The molecule has 0 amide bonds. The first-order valence-corrected chi connectivity index (χ1v) is 4.72. The molecule has 0 saturated heterocycles. The quantitative estimate of drug-likeness (QED) is 0.741. The number of hydrogen-bond acceptors (Lipinski definition) is 2. The second-order valence-electron chi connectivity index (χ2n) is 3.96. The predicted octanol–water partition coefficient (Wildman–Crippen LogP) is 1.57. The number of nitrogens with two attached hydrogens (primary N) is 1. The van der Waals surface area contributed by atoms with Crippen LogP contribution in [0.3, 0.4) is 0 Å². The normalized spacial score (nSPS) is 25.8. The third-order valence-electron chi connectivity index (χ3n) is 2.66. The van der Waals surface area contributed by atoms with Crippen LogP contribution in [0.1, 0.15) is 17.9 Å². The molecule has 0 aliphatic heterocycles. The fourth-order valence-electron chi connectivity index (χ4n) is 1.78. The van der Waals surface area contributed by atoms with Gasteiger partial charge < -0.3 is 10.6 Å². The van der Waals surface area contributed by atoms with Crippen LogP contribution in [0.15, 0.2) is 24.3 Å². The molecule has 1 saturated carbocycles. The summed E-state index contributed by atoms with van der Waals surface area (Å²) >= 11 is 0. The highest BCUT2D eigenvalue weighted by atomic mass is 15.1. The Morgan fingerprint density at radius 2 is 1.92 bits per heavy atom. The Labute approximate surface area is 79.4 Å². The summed E-state index contributed by atoms with van der Waals surface area (Å²) in [6.45, 7) is 0. The minimum Gasteiger partial charge on any atom is -0.377 e. The zero-order valence-corrected chi connectivity index (χ0v) is 8.20. The summed E-state index contributed by atoms with van der Waals surface area (Å²) in [7, 11) is 4.15. The van der Waals surface area contributed by atoms with E-state index in [2.05, 4.69) is 43.3 Å². The second-order valence-corrected chi connectivity index (χ2v) is 3.96. The minimum absolute atomic E-state index is 0.390. The van der Waals surface area contributed by atoms with Crippen LogP contribution < -0.4 is 10.6 Å². The average Bonchev–Trinajstić information content (AvgIpc) is 2.82. The Morgan fingerprint density at radius 1 is 1.31 bits per heavy atom. The third-order valence-corrected chi connectivity index (χ3v) is 2.66. The summed E-state index contributed by atoms with van der Waals surface area (Å²) in [6, 6.07) is 8.90. The predicted molar refractivity (Wildman–Crippen MR) is 56.1 cm³/mol. The summed E-state index contributed by atoms with van der Waals surface area (Å²) in [5.41, 5.74) is 8.56. The van der Waals surface area contributed by atoms with Crippen molar-refractivity contribution >= 4 is 5.69 Å². The molecule has 0 radical (unpaired) electrons. The van der Waals surface area contributed by atoms with Crippen LogP contribution in [0.4, 0.5) is 5.69 Å². The van der Waals surface area contributed by atoms with E-state index in [1.165, 1.54) is 11.3 Å². The highest BCUT2D eigenvalue weighted by Gasteiger charge is 2.36. The van der Waals surface area contributed by atoms with Crippen LogP contribution in [0.2, 0.25) is 0 Å². The van der Waals surface area contributed by atoms with Crippen molar-refractivity contribution in [1.29, 1.82) is 0 Å². The monoisotopic (exact) mass is 176 g/mol. The zero-order chi connectivity index (χ0) is 9.42. The minimum atomic E-state index is 0.390. The highest BCUT2D eigenvalue weighted by Crippen LogP contribution is 2.42. The number of nitrogens with zero attached hydrogens (tertiary/aromatic N) is 1. The fraction of sp³-hybridized carbons (Fsp3) is 0.455. The zero-order valence-electron chi connectivity index (χ0n) is 8.20. The Morgan fingerprint density at radius 3 is 2.46 bits per heavy atom. The number of anilines is 1. The molecule has 13 heavy (non-hydrogen) atoms. The van der Waals surface area contributed by atoms with Gasteiger partial charge >= 0.3 is 0 Å². The van der Waals surface area contributed by atoms with Gasteiger partial charge in [0.25, 0.3) is 0 Å². The van der Waals surface area contributed by atoms with Crippen molar-refractivity contribution in [2.24, 2.45) is 5.73 Å². The average molecular weight is 176 g/mol. The Hall–Kier alpha value is -1.02. The van der Waals surface area contributed by atoms with E-state index in [4.69, 9.17) is 5.73 Å². The molecule has 2 heteroatoms. The molecule has 1 fully saturated rings. The first-order chi connectivity index (χ1) is 6.20. The van der Waals surface area contributed by atoms with Crippen LogP contribution in [-0.4, -0.2) is 20.1 Å². The van der Waals surface area contributed by atoms with Crippen molar-refractivity contribution in [3.05, 3.63) is 29.8 Å². The molecule has 1 aliphatic rings. The SMILES string of the molecule is CN(C)c1ccccc1C1CC1N. The van der Waals surface area contributed by atoms with Gasteiger partial charge in [-0.25, -0.2) is 0 Å². The topological polar surface area (TPSA) is 29.3 Å². The lowest BCUT2D eigenvalue weighted by molar-refractivity contribution is 0.975. The molecule has 2 N–H and O–H groups in total.